The number of ether oxygens (including phenoxy) is 1. The highest BCUT2D eigenvalue weighted by atomic mass is 32.1. The largest absolute Gasteiger partial charge is 0.370 e. The number of aromatic nitrogens is 4. The fourth-order valence-electron chi connectivity index (χ4n) is 2.56. The molecule has 4 heterocycles. The molecule has 4 rings (SSSR count). The molecule has 0 aliphatic carbocycles. The van der Waals surface area contributed by atoms with Gasteiger partial charge in [-0.15, -0.1) is 11.3 Å². The van der Waals surface area contributed by atoms with Gasteiger partial charge in [0.1, 0.15) is 11.2 Å². The Morgan fingerprint density at radius 2 is 2.37 bits per heavy atom. The summed E-state index contributed by atoms with van der Waals surface area (Å²) < 4.78 is 7.28. The Morgan fingerprint density at radius 3 is 3.21 bits per heavy atom. The average Bonchev–Trinajstić information content (AvgIpc) is 2.89. The van der Waals surface area contributed by atoms with E-state index < -0.39 is 0 Å². The predicted molar refractivity (Wildman–Crippen MR) is 71.6 cm³/mol. The molecule has 1 aliphatic heterocycles. The summed E-state index contributed by atoms with van der Waals surface area (Å²) in [5.41, 5.74) is 1.43. The quantitative estimate of drug-likeness (QED) is 0.675. The van der Waals surface area contributed by atoms with Crippen LogP contribution in [0.5, 0.6) is 0 Å². The standard InChI is InChI=1S/C12H12N4O2S/c1-12(2)3-6-7(4-18-12)19-10-8(6)9-14-15-11(17)16(9)5-13-10/h5H,3-4H2,1-2H3,(H,15,17). The number of nitrogens with zero attached hydrogens (tertiary/aromatic N) is 3. The lowest BCUT2D eigenvalue weighted by Gasteiger charge is -2.30. The second kappa shape index (κ2) is 3.43. The van der Waals surface area contributed by atoms with Crippen LogP contribution in [0.25, 0.3) is 15.9 Å². The number of H-pyrrole nitrogens is 1. The van der Waals surface area contributed by atoms with Crippen LogP contribution < -0.4 is 5.69 Å². The van der Waals surface area contributed by atoms with E-state index in [0.29, 0.717) is 12.3 Å². The van der Waals surface area contributed by atoms with Crippen LogP contribution in [0.2, 0.25) is 0 Å². The van der Waals surface area contributed by atoms with Gasteiger partial charge in [-0.05, 0) is 19.4 Å². The molecule has 0 bridgehead atoms. The summed E-state index contributed by atoms with van der Waals surface area (Å²) in [5.74, 6) is 0. The Morgan fingerprint density at radius 1 is 1.53 bits per heavy atom. The van der Waals surface area contributed by atoms with Crippen molar-refractivity contribution in [3.8, 4) is 0 Å². The van der Waals surface area contributed by atoms with Crippen LogP contribution in [0, 0.1) is 0 Å². The lowest BCUT2D eigenvalue weighted by molar-refractivity contribution is -0.0379. The maximum atomic E-state index is 11.6. The third kappa shape index (κ3) is 1.48. The van der Waals surface area contributed by atoms with E-state index in [1.165, 1.54) is 21.2 Å². The number of hydrogen-bond donors (Lipinski definition) is 1. The molecule has 0 saturated heterocycles. The highest BCUT2D eigenvalue weighted by Crippen LogP contribution is 2.39. The second-order valence-electron chi connectivity index (χ2n) is 5.38. The zero-order chi connectivity index (χ0) is 13.2. The molecule has 6 nitrogen and oxygen atoms in total. The van der Waals surface area contributed by atoms with Gasteiger partial charge in [0.05, 0.1) is 17.6 Å². The van der Waals surface area contributed by atoms with E-state index in [9.17, 15) is 4.79 Å². The Hall–Kier alpha value is -1.73. The fraction of sp³-hybridized carbons (Fsp3) is 0.417. The van der Waals surface area contributed by atoms with Crippen molar-refractivity contribution in [3.05, 3.63) is 27.3 Å². The van der Waals surface area contributed by atoms with Gasteiger partial charge in [0.2, 0.25) is 0 Å². The molecule has 19 heavy (non-hydrogen) atoms. The van der Waals surface area contributed by atoms with Gasteiger partial charge in [0.15, 0.2) is 5.65 Å². The molecule has 1 N–H and O–H groups in total. The molecule has 7 heteroatoms. The predicted octanol–water partition coefficient (Wildman–Crippen LogP) is 1.48. The van der Waals surface area contributed by atoms with Gasteiger partial charge in [-0.1, -0.05) is 0 Å². The van der Waals surface area contributed by atoms with Crippen LogP contribution in [0.4, 0.5) is 0 Å². The van der Waals surface area contributed by atoms with Crippen molar-refractivity contribution >= 4 is 27.2 Å². The second-order valence-corrected chi connectivity index (χ2v) is 6.46. The third-order valence-corrected chi connectivity index (χ3v) is 4.60. The third-order valence-electron chi connectivity index (χ3n) is 3.49. The van der Waals surface area contributed by atoms with Crippen molar-refractivity contribution in [2.24, 2.45) is 0 Å². The lowest BCUT2D eigenvalue weighted by atomic mass is 9.94. The molecule has 3 aromatic heterocycles. The minimum atomic E-state index is -0.254. The minimum Gasteiger partial charge on any atom is -0.370 e. The minimum absolute atomic E-state index is 0.190. The molecule has 0 amide bonds. The van der Waals surface area contributed by atoms with E-state index in [1.54, 1.807) is 11.3 Å². The van der Waals surface area contributed by atoms with Gasteiger partial charge in [-0.2, -0.15) is 5.10 Å². The summed E-state index contributed by atoms with van der Waals surface area (Å²) in [7, 11) is 0. The SMILES string of the molecule is CC1(C)Cc2c(sc3ncn4c(=O)[nH]nc4c23)CO1. The highest BCUT2D eigenvalue weighted by Gasteiger charge is 2.30. The van der Waals surface area contributed by atoms with E-state index in [0.717, 1.165) is 16.6 Å². The van der Waals surface area contributed by atoms with Crippen molar-refractivity contribution in [2.45, 2.75) is 32.5 Å². The van der Waals surface area contributed by atoms with Crippen LogP contribution in [0.1, 0.15) is 24.3 Å². The maximum absolute atomic E-state index is 11.6. The number of fused-ring (bicyclic) bond motifs is 5. The molecule has 0 saturated carbocycles. The summed E-state index contributed by atoms with van der Waals surface area (Å²) in [6, 6.07) is 0. The van der Waals surface area contributed by atoms with E-state index in [2.05, 4.69) is 29.0 Å². The smallest absolute Gasteiger partial charge is 0.348 e. The Kier molecular flexibility index (Phi) is 2.01. The summed E-state index contributed by atoms with van der Waals surface area (Å²) in [6.07, 6.45) is 2.34. The van der Waals surface area contributed by atoms with Gasteiger partial charge in [-0.25, -0.2) is 19.3 Å². The van der Waals surface area contributed by atoms with E-state index in [-0.39, 0.29) is 11.3 Å². The van der Waals surface area contributed by atoms with Crippen molar-refractivity contribution in [3.63, 3.8) is 0 Å². The molecular weight excluding hydrogens is 264 g/mol. The summed E-state index contributed by atoms with van der Waals surface area (Å²) in [4.78, 5) is 18.1. The first kappa shape index (κ1) is 11.1. The monoisotopic (exact) mass is 276 g/mol. The van der Waals surface area contributed by atoms with E-state index >= 15 is 0 Å². The van der Waals surface area contributed by atoms with Crippen LogP contribution in [0.3, 0.4) is 0 Å². The molecule has 1 aliphatic rings. The van der Waals surface area contributed by atoms with Gasteiger partial charge in [0.25, 0.3) is 0 Å². The topological polar surface area (TPSA) is 72.3 Å². The zero-order valence-corrected chi connectivity index (χ0v) is 11.4. The van der Waals surface area contributed by atoms with Crippen LogP contribution >= 0.6 is 11.3 Å². The number of hydrogen-bond acceptors (Lipinski definition) is 5. The van der Waals surface area contributed by atoms with Crippen molar-refractivity contribution < 1.29 is 4.74 Å². The molecule has 0 radical (unpaired) electrons. The van der Waals surface area contributed by atoms with E-state index in [4.69, 9.17) is 4.74 Å². The first-order chi connectivity index (χ1) is 9.05. The fourth-order valence-corrected chi connectivity index (χ4v) is 3.62. The zero-order valence-electron chi connectivity index (χ0n) is 10.6. The molecule has 0 fully saturated rings. The van der Waals surface area contributed by atoms with Gasteiger partial charge in [0, 0.05) is 11.3 Å². The maximum Gasteiger partial charge on any atom is 0.348 e. The number of rotatable bonds is 0. The first-order valence-corrected chi connectivity index (χ1v) is 6.87. The molecule has 98 valence electrons. The van der Waals surface area contributed by atoms with Crippen LogP contribution in [-0.4, -0.2) is 25.2 Å². The van der Waals surface area contributed by atoms with Crippen LogP contribution in [-0.2, 0) is 17.8 Å². The van der Waals surface area contributed by atoms with Gasteiger partial charge < -0.3 is 4.74 Å². The number of nitrogens with one attached hydrogen (secondary N) is 1. The molecular formula is C12H12N4O2S. The summed E-state index contributed by atoms with van der Waals surface area (Å²) in [5, 5.41) is 7.59. The first-order valence-electron chi connectivity index (χ1n) is 6.05. The summed E-state index contributed by atoms with van der Waals surface area (Å²) >= 11 is 1.62. The van der Waals surface area contributed by atoms with Crippen LogP contribution in [0.15, 0.2) is 11.1 Å². The number of aromatic amines is 1. The van der Waals surface area contributed by atoms with Crippen molar-refractivity contribution in [1.82, 2.24) is 19.6 Å². The van der Waals surface area contributed by atoms with Gasteiger partial charge >= 0.3 is 5.69 Å². The van der Waals surface area contributed by atoms with Gasteiger partial charge in [-0.3, -0.25) is 0 Å². The van der Waals surface area contributed by atoms with E-state index in [1.807, 2.05) is 0 Å². The number of thiophene rings is 1. The average molecular weight is 276 g/mol. The highest BCUT2D eigenvalue weighted by molar-refractivity contribution is 7.19. The Bertz CT molecular complexity index is 858. The van der Waals surface area contributed by atoms with Crippen molar-refractivity contribution in [2.75, 3.05) is 0 Å². The normalized spacial score (nSPS) is 18.0. The Balaban J connectivity index is 2.13. The molecule has 3 aromatic rings. The Labute approximate surface area is 112 Å². The lowest BCUT2D eigenvalue weighted by Crippen LogP contribution is -2.31. The molecule has 0 atom stereocenters. The molecule has 0 aromatic carbocycles. The molecule has 0 spiro atoms. The molecule has 0 unspecified atom stereocenters. The summed E-state index contributed by atoms with van der Waals surface area (Å²) in [6.45, 7) is 4.75. The van der Waals surface area contributed by atoms with Crippen molar-refractivity contribution in [1.29, 1.82) is 0 Å².